The average molecular weight is 285 g/mol. The van der Waals surface area contributed by atoms with Crippen molar-refractivity contribution in [2.75, 3.05) is 14.1 Å². The summed E-state index contributed by atoms with van der Waals surface area (Å²) in [5.41, 5.74) is 5.63. The van der Waals surface area contributed by atoms with Gasteiger partial charge in [0.2, 0.25) is 0 Å². The number of guanidine groups is 1. The molecule has 0 aliphatic carbocycles. The van der Waals surface area contributed by atoms with Crippen molar-refractivity contribution >= 4 is 29.9 Å². The van der Waals surface area contributed by atoms with Crippen molar-refractivity contribution in [3.8, 4) is 0 Å². The molecule has 74 valence electrons. The summed E-state index contributed by atoms with van der Waals surface area (Å²) in [6, 6.07) is 0.303. The normalized spacial score (nSPS) is 14.0. The summed E-state index contributed by atoms with van der Waals surface area (Å²) < 4.78 is 0. The van der Waals surface area contributed by atoms with Crippen LogP contribution in [0, 0.1) is 5.92 Å². The highest BCUT2D eigenvalue weighted by Crippen LogP contribution is 2.04. The molecule has 0 aliphatic heterocycles. The first-order valence-corrected chi connectivity index (χ1v) is 3.95. The fourth-order valence-electron chi connectivity index (χ4n) is 0.473. The maximum Gasteiger partial charge on any atom is 0.190 e. The van der Waals surface area contributed by atoms with Gasteiger partial charge in [0.25, 0.3) is 0 Å². The Balaban J connectivity index is 0. The van der Waals surface area contributed by atoms with Gasteiger partial charge in [-0.2, -0.15) is 0 Å². The van der Waals surface area contributed by atoms with Crippen molar-refractivity contribution in [2.24, 2.45) is 16.6 Å². The molecular formula is C8H20IN3. The van der Waals surface area contributed by atoms with Crippen LogP contribution in [0.4, 0.5) is 0 Å². The summed E-state index contributed by atoms with van der Waals surface area (Å²) in [7, 11) is 3.79. The molecular weight excluding hydrogens is 265 g/mol. The molecule has 12 heavy (non-hydrogen) atoms. The van der Waals surface area contributed by atoms with Gasteiger partial charge in [-0.1, -0.05) is 13.8 Å². The van der Waals surface area contributed by atoms with Crippen molar-refractivity contribution in [3.63, 3.8) is 0 Å². The van der Waals surface area contributed by atoms with Gasteiger partial charge in [0.05, 0.1) is 6.04 Å². The Bertz CT molecular complexity index is 143. The van der Waals surface area contributed by atoms with Gasteiger partial charge in [-0.05, 0) is 12.8 Å². The molecule has 0 rings (SSSR count). The molecule has 0 heterocycles. The minimum atomic E-state index is 0. The second-order valence-corrected chi connectivity index (χ2v) is 3.37. The third kappa shape index (κ3) is 5.62. The quantitative estimate of drug-likeness (QED) is 0.475. The van der Waals surface area contributed by atoms with Crippen LogP contribution in [-0.2, 0) is 0 Å². The molecule has 0 saturated carbocycles. The van der Waals surface area contributed by atoms with E-state index in [-0.39, 0.29) is 24.0 Å². The zero-order valence-electron chi connectivity index (χ0n) is 8.53. The molecule has 3 nitrogen and oxygen atoms in total. The van der Waals surface area contributed by atoms with Crippen LogP contribution in [-0.4, -0.2) is 31.0 Å². The smallest absolute Gasteiger partial charge is 0.190 e. The van der Waals surface area contributed by atoms with Crippen molar-refractivity contribution in [2.45, 2.75) is 26.8 Å². The monoisotopic (exact) mass is 285 g/mol. The fraction of sp³-hybridized carbons (Fsp3) is 0.875. The van der Waals surface area contributed by atoms with Gasteiger partial charge >= 0.3 is 0 Å². The fourth-order valence-corrected chi connectivity index (χ4v) is 0.473. The Hall–Kier alpha value is 0. The minimum Gasteiger partial charge on any atom is -0.370 e. The summed E-state index contributed by atoms with van der Waals surface area (Å²) in [5.74, 6) is 1.15. The van der Waals surface area contributed by atoms with Crippen LogP contribution in [0.1, 0.15) is 20.8 Å². The average Bonchev–Trinajstić information content (AvgIpc) is 1.87. The van der Waals surface area contributed by atoms with Crippen LogP contribution in [0.5, 0.6) is 0 Å². The molecule has 0 aromatic heterocycles. The highest BCUT2D eigenvalue weighted by atomic mass is 127. The lowest BCUT2D eigenvalue weighted by atomic mass is 10.1. The topological polar surface area (TPSA) is 41.6 Å². The number of hydrogen-bond acceptors (Lipinski definition) is 1. The zero-order chi connectivity index (χ0) is 9.02. The number of nitrogens with two attached hydrogens (primary N) is 1. The highest BCUT2D eigenvalue weighted by Gasteiger charge is 2.05. The molecule has 0 bridgehead atoms. The summed E-state index contributed by atoms with van der Waals surface area (Å²) in [6.45, 7) is 6.34. The molecule has 2 N–H and O–H groups in total. The van der Waals surface area contributed by atoms with Crippen LogP contribution >= 0.6 is 24.0 Å². The predicted octanol–water partition coefficient (Wildman–Crippen LogP) is 1.53. The highest BCUT2D eigenvalue weighted by molar-refractivity contribution is 14.0. The summed E-state index contributed by atoms with van der Waals surface area (Å²) in [5, 5.41) is 0. The Morgan fingerprint density at radius 1 is 1.25 bits per heavy atom. The van der Waals surface area contributed by atoms with Crippen LogP contribution in [0.15, 0.2) is 4.99 Å². The van der Waals surface area contributed by atoms with Gasteiger partial charge < -0.3 is 10.6 Å². The lowest BCUT2D eigenvalue weighted by molar-refractivity contribution is 0.514. The van der Waals surface area contributed by atoms with Gasteiger partial charge in [0.15, 0.2) is 5.96 Å². The number of hydrogen-bond donors (Lipinski definition) is 1. The molecule has 0 amide bonds. The van der Waals surface area contributed by atoms with E-state index in [0.717, 1.165) is 0 Å². The molecule has 0 aromatic carbocycles. The number of nitrogens with zero attached hydrogens (tertiary/aromatic N) is 2. The van der Waals surface area contributed by atoms with E-state index < -0.39 is 0 Å². The Kier molecular flexibility index (Phi) is 7.88. The van der Waals surface area contributed by atoms with Crippen LogP contribution in [0.25, 0.3) is 0 Å². The first kappa shape index (κ1) is 14.5. The van der Waals surface area contributed by atoms with Gasteiger partial charge in [0.1, 0.15) is 0 Å². The van der Waals surface area contributed by atoms with E-state index in [1.807, 2.05) is 19.0 Å². The van der Waals surface area contributed by atoms with Crippen LogP contribution < -0.4 is 5.73 Å². The predicted molar refractivity (Wildman–Crippen MR) is 65.0 cm³/mol. The van der Waals surface area contributed by atoms with E-state index in [2.05, 4.69) is 25.8 Å². The zero-order valence-corrected chi connectivity index (χ0v) is 10.9. The molecule has 0 spiro atoms. The standard InChI is InChI=1S/C8H19N3.HI/c1-6(2)7(3)10-8(9)11(4)5;/h6-7H,1-5H3,(H2,9,10);1H. The van der Waals surface area contributed by atoms with E-state index in [4.69, 9.17) is 5.73 Å². The van der Waals surface area contributed by atoms with E-state index in [1.165, 1.54) is 0 Å². The maximum absolute atomic E-state index is 5.63. The molecule has 4 heteroatoms. The van der Waals surface area contributed by atoms with E-state index >= 15 is 0 Å². The molecule has 0 fully saturated rings. The SMILES string of the molecule is CC(C)C(C)N=C(N)N(C)C.I. The number of rotatable bonds is 2. The molecule has 0 aromatic rings. The van der Waals surface area contributed by atoms with Crippen molar-refractivity contribution in [3.05, 3.63) is 0 Å². The van der Waals surface area contributed by atoms with Crippen LogP contribution in [0.2, 0.25) is 0 Å². The Morgan fingerprint density at radius 2 is 1.67 bits per heavy atom. The first-order chi connectivity index (χ1) is 4.95. The number of halogens is 1. The molecule has 1 unspecified atom stereocenters. The van der Waals surface area contributed by atoms with Gasteiger partial charge in [-0.3, -0.25) is 0 Å². The largest absolute Gasteiger partial charge is 0.370 e. The summed E-state index contributed by atoms with van der Waals surface area (Å²) >= 11 is 0. The van der Waals surface area contributed by atoms with Crippen molar-refractivity contribution in [1.29, 1.82) is 0 Å². The van der Waals surface area contributed by atoms with Crippen LogP contribution in [0.3, 0.4) is 0 Å². The van der Waals surface area contributed by atoms with Gasteiger partial charge in [0, 0.05) is 14.1 Å². The van der Waals surface area contributed by atoms with E-state index in [0.29, 0.717) is 17.9 Å². The molecule has 0 saturated heterocycles. The second-order valence-electron chi connectivity index (χ2n) is 3.37. The lowest BCUT2D eigenvalue weighted by Crippen LogP contribution is -2.32. The second kappa shape index (κ2) is 6.51. The third-order valence-corrected chi connectivity index (χ3v) is 1.76. The summed E-state index contributed by atoms with van der Waals surface area (Å²) in [6.07, 6.45) is 0. The maximum atomic E-state index is 5.63. The Labute approximate surface area is 92.4 Å². The third-order valence-electron chi connectivity index (χ3n) is 1.76. The summed E-state index contributed by atoms with van der Waals surface area (Å²) in [4.78, 5) is 6.11. The minimum absolute atomic E-state index is 0. The molecule has 1 atom stereocenters. The van der Waals surface area contributed by atoms with Gasteiger partial charge in [-0.25, -0.2) is 4.99 Å². The van der Waals surface area contributed by atoms with Crippen molar-refractivity contribution < 1.29 is 0 Å². The lowest BCUT2D eigenvalue weighted by Gasteiger charge is -2.15. The number of aliphatic imine (C=N–C) groups is 1. The van der Waals surface area contributed by atoms with E-state index in [9.17, 15) is 0 Å². The Morgan fingerprint density at radius 3 is 1.92 bits per heavy atom. The molecule has 0 aliphatic rings. The van der Waals surface area contributed by atoms with Crippen molar-refractivity contribution in [1.82, 2.24) is 4.90 Å². The van der Waals surface area contributed by atoms with Gasteiger partial charge in [-0.15, -0.1) is 24.0 Å². The first-order valence-electron chi connectivity index (χ1n) is 3.95. The van der Waals surface area contributed by atoms with E-state index in [1.54, 1.807) is 0 Å². The molecule has 0 radical (unpaired) electrons.